The van der Waals surface area contributed by atoms with Gasteiger partial charge >= 0.3 is 0 Å². The Kier molecular flexibility index (Phi) is 5.59. The van der Waals surface area contributed by atoms with E-state index in [4.69, 9.17) is 4.74 Å². The second-order valence-corrected chi connectivity index (χ2v) is 8.89. The quantitative estimate of drug-likeness (QED) is 0.188. The molecule has 4 rings (SSSR count). The van der Waals surface area contributed by atoms with Crippen molar-refractivity contribution in [3.63, 3.8) is 0 Å². The second-order valence-electron chi connectivity index (χ2n) is 8.89. The Morgan fingerprint density at radius 2 is 1.74 bits per heavy atom. The average Bonchev–Trinajstić information content (AvgIpc) is 3.07. The maximum absolute atomic E-state index is 13.7. The van der Waals surface area contributed by atoms with Gasteiger partial charge in [0.1, 0.15) is 34.0 Å². The van der Waals surface area contributed by atoms with Gasteiger partial charge in [0.2, 0.25) is 0 Å². The molecule has 1 aliphatic carbocycles. The summed E-state index contributed by atoms with van der Waals surface area (Å²) < 4.78 is 5.74. The third-order valence-corrected chi connectivity index (χ3v) is 6.60. The van der Waals surface area contributed by atoms with Gasteiger partial charge in [0.05, 0.1) is 11.1 Å². The number of aromatic hydroxyl groups is 4. The van der Waals surface area contributed by atoms with E-state index in [0.29, 0.717) is 18.7 Å². The van der Waals surface area contributed by atoms with Crippen molar-refractivity contribution >= 4 is 17.3 Å². The summed E-state index contributed by atoms with van der Waals surface area (Å²) in [6, 6.07) is 4.44. The maximum atomic E-state index is 13.7. The molecule has 1 atom stereocenters. The van der Waals surface area contributed by atoms with Crippen LogP contribution < -0.4 is 10.1 Å². The molecule has 2 aromatic rings. The number of phenolic OH excluding ortho intramolecular Hbond substituents is 4. The Morgan fingerprint density at radius 3 is 2.37 bits per heavy atom. The molecule has 1 aliphatic heterocycles. The van der Waals surface area contributed by atoms with Crippen LogP contribution >= 0.6 is 0 Å². The van der Waals surface area contributed by atoms with Crippen LogP contribution in [0.4, 0.5) is 0 Å². The topological polar surface area (TPSA) is 153 Å². The lowest BCUT2D eigenvalue weighted by Gasteiger charge is -2.29. The van der Waals surface area contributed by atoms with Crippen LogP contribution in [0, 0.1) is 6.92 Å². The standard InChI is InChI=1S/C26H25NO8/c1-11-22(32)20(13(3)28)24-21(23(11)33)26(4)18(35-24)10-17(31)19(25(26)34)12(2)27-8-7-14-5-6-15(29)16(30)9-14/h5-6,9-10,27,29-30,32-33H,7-8H2,1-4H3/b19-12+/t26-/m0/s1. The molecule has 0 saturated carbocycles. The van der Waals surface area contributed by atoms with E-state index < -0.39 is 28.5 Å². The van der Waals surface area contributed by atoms with E-state index >= 15 is 0 Å². The molecule has 0 radical (unpaired) electrons. The highest BCUT2D eigenvalue weighted by Crippen LogP contribution is 2.57. The summed E-state index contributed by atoms with van der Waals surface area (Å²) in [5.74, 6) is -3.17. The monoisotopic (exact) mass is 479 g/mol. The summed E-state index contributed by atoms with van der Waals surface area (Å²) in [5.41, 5.74) is -0.739. The Bertz CT molecular complexity index is 1380. The normalized spacial score (nSPS) is 20.1. The van der Waals surface area contributed by atoms with Gasteiger partial charge in [-0.25, -0.2) is 0 Å². The number of nitrogens with one attached hydrogen (secondary N) is 1. The summed E-state index contributed by atoms with van der Waals surface area (Å²) >= 11 is 0. The van der Waals surface area contributed by atoms with Crippen LogP contribution in [-0.4, -0.2) is 44.3 Å². The molecule has 0 amide bonds. The van der Waals surface area contributed by atoms with Gasteiger partial charge < -0.3 is 30.5 Å². The van der Waals surface area contributed by atoms with Crippen molar-refractivity contribution in [2.75, 3.05) is 6.54 Å². The fourth-order valence-electron chi connectivity index (χ4n) is 4.57. The van der Waals surface area contributed by atoms with Crippen LogP contribution in [0.2, 0.25) is 0 Å². The van der Waals surface area contributed by atoms with Gasteiger partial charge in [-0.05, 0) is 51.8 Å². The molecule has 0 saturated heterocycles. The first-order valence-corrected chi connectivity index (χ1v) is 10.9. The van der Waals surface area contributed by atoms with Crippen molar-refractivity contribution in [3.05, 3.63) is 63.6 Å². The number of rotatable bonds is 5. The number of benzene rings is 2. The molecule has 0 unspecified atom stereocenters. The molecule has 0 spiro atoms. The maximum Gasteiger partial charge on any atom is 0.194 e. The van der Waals surface area contributed by atoms with Crippen LogP contribution in [0.15, 0.2) is 41.3 Å². The summed E-state index contributed by atoms with van der Waals surface area (Å²) in [7, 11) is 0. The van der Waals surface area contributed by atoms with Gasteiger partial charge in [0.15, 0.2) is 28.8 Å². The molecular weight excluding hydrogens is 454 g/mol. The zero-order valence-corrected chi connectivity index (χ0v) is 19.6. The van der Waals surface area contributed by atoms with E-state index in [1.54, 1.807) is 13.0 Å². The minimum absolute atomic E-state index is 0.0265. The summed E-state index contributed by atoms with van der Waals surface area (Å²) in [4.78, 5) is 38.9. The van der Waals surface area contributed by atoms with E-state index in [1.807, 2.05) is 0 Å². The Balaban J connectivity index is 1.72. The van der Waals surface area contributed by atoms with Crippen LogP contribution in [0.3, 0.4) is 0 Å². The fraction of sp³-hybridized carbons (Fsp3) is 0.269. The Labute approximate surface area is 201 Å². The molecule has 2 aromatic carbocycles. The van der Waals surface area contributed by atoms with Gasteiger partial charge in [0.25, 0.3) is 0 Å². The summed E-state index contributed by atoms with van der Waals surface area (Å²) in [6.07, 6.45) is 1.60. The number of ketones is 3. The van der Waals surface area contributed by atoms with Crippen molar-refractivity contribution in [2.24, 2.45) is 0 Å². The number of Topliss-reactive ketones (excluding diaryl/α,β-unsaturated/α-hetero) is 2. The lowest BCUT2D eigenvalue weighted by molar-refractivity contribution is -0.123. The first kappa shape index (κ1) is 23.9. The molecule has 0 fully saturated rings. The predicted octanol–water partition coefficient (Wildman–Crippen LogP) is 2.81. The van der Waals surface area contributed by atoms with E-state index in [0.717, 1.165) is 11.6 Å². The van der Waals surface area contributed by atoms with Crippen molar-refractivity contribution in [2.45, 2.75) is 39.5 Å². The molecule has 2 aliphatic rings. The first-order valence-electron chi connectivity index (χ1n) is 10.9. The van der Waals surface area contributed by atoms with E-state index in [9.17, 15) is 34.8 Å². The van der Waals surface area contributed by atoms with Gasteiger partial charge in [-0.1, -0.05) is 6.07 Å². The summed E-state index contributed by atoms with van der Waals surface area (Å²) in [6.45, 7) is 6.07. The van der Waals surface area contributed by atoms with E-state index in [-0.39, 0.29) is 51.0 Å². The molecule has 35 heavy (non-hydrogen) atoms. The van der Waals surface area contributed by atoms with Crippen molar-refractivity contribution in [1.82, 2.24) is 5.32 Å². The van der Waals surface area contributed by atoms with Crippen LogP contribution in [0.1, 0.15) is 47.8 Å². The average molecular weight is 479 g/mol. The number of ether oxygens (including phenoxy) is 1. The van der Waals surface area contributed by atoms with Crippen LogP contribution in [0.5, 0.6) is 28.7 Å². The molecule has 9 heteroatoms. The number of carbonyl (C=O) groups is 3. The van der Waals surface area contributed by atoms with Gasteiger partial charge in [-0.2, -0.15) is 0 Å². The molecular formula is C26H25NO8. The summed E-state index contributed by atoms with van der Waals surface area (Å²) in [5, 5.41) is 43.4. The molecule has 5 N–H and O–H groups in total. The smallest absolute Gasteiger partial charge is 0.194 e. The molecule has 1 heterocycles. The minimum Gasteiger partial charge on any atom is -0.507 e. The second kappa shape index (κ2) is 8.19. The number of allylic oxidation sites excluding steroid dienone is 4. The highest BCUT2D eigenvalue weighted by molar-refractivity contribution is 6.31. The first-order chi connectivity index (χ1) is 16.4. The zero-order valence-electron chi connectivity index (χ0n) is 19.6. The van der Waals surface area contributed by atoms with Gasteiger partial charge in [0, 0.05) is 23.9 Å². The molecule has 9 nitrogen and oxygen atoms in total. The third kappa shape index (κ3) is 3.51. The van der Waals surface area contributed by atoms with Crippen LogP contribution in [0.25, 0.3) is 0 Å². The predicted molar refractivity (Wildman–Crippen MR) is 125 cm³/mol. The largest absolute Gasteiger partial charge is 0.507 e. The Hall–Kier alpha value is -4.27. The SMILES string of the molecule is CC(=O)c1c(O)c(C)c(O)c2c1OC1=CC(=O)/C(=C(/C)NCCc3ccc(O)c(O)c3)C(=O)[C@@]12C. The number of hydrogen-bond donors (Lipinski definition) is 5. The lowest BCUT2D eigenvalue weighted by Crippen LogP contribution is -2.41. The van der Waals surface area contributed by atoms with Crippen molar-refractivity contribution < 1.29 is 39.5 Å². The van der Waals surface area contributed by atoms with Crippen molar-refractivity contribution in [1.29, 1.82) is 0 Å². The van der Waals surface area contributed by atoms with Crippen LogP contribution in [-0.2, 0) is 21.4 Å². The lowest BCUT2D eigenvalue weighted by atomic mass is 9.70. The number of phenols is 4. The van der Waals surface area contributed by atoms with E-state index in [2.05, 4.69) is 5.32 Å². The molecule has 0 aromatic heterocycles. The van der Waals surface area contributed by atoms with Gasteiger partial charge in [-0.3, -0.25) is 14.4 Å². The molecule has 182 valence electrons. The van der Waals surface area contributed by atoms with Gasteiger partial charge in [-0.15, -0.1) is 0 Å². The number of carbonyl (C=O) groups excluding carboxylic acids is 3. The fourth-order valence-corrected chi connectivity index (χ4v) is 4.57. The third-order valence-electron chi connectivity index (χ3n) is 6.60. The van der Waals surface area contributed by atoms with Crippen molar-refractivity contribution in [3.8, 4) is 28.7 Å². The highest BCUT2D eigenvalue weighted by atomic mass is 16.5. The highest BCUT2D eigenvalue weighted by Gasteiger charge is 2.56. The number of fused-ring (bicyclic) bond motifs is 3. The number of hydrogen-bond acceptors (Lipinski definition) is 9. The molecule has 0 bridgehead atoms. The van der Waals surface area contributed by atoms with E-state index in [1.165, 1.54) is 32.9 Å². The minimum atomic E-state index is -1.57. The Morgan fingerprint density at radius 1 is 1.06 bits per heavy atom. The zero-order chi connectivity index (χ0) is 25.8.